The number of nitrogens with one attached hydrogen (secondary N) is 2. The summed E-state index contributed by atoms with van der Waals surface area (Å²) < 4.78 is 5.45. The van der Waals surface area contributed by atoms with Crippen molar-refractivity contribution in [2.24, 2.45) is 0 Å². The Bertz CT molecular complexity index is 647. The van der Waals surface area contributed by atoms with Gasteiger partial charge < -0.3 is 10.1 Å². The molecule has 2 aromatic rings. The van der Waals surface area contributed by atoms with E-state index in [4.69, 9.17) is 4.74 Å². The number of H-pyrrole nitrogens is 1. The molecule has 3 heterocycles. The lowest BCUT2D eigenvalue weighted by molar-refractivity contribution is 0.0169. The lowest BCUT2D eigenvalue weighted by Crippen LogP contribution is -2.43. The first kappa shape index (κ1) is 17.1. The molecule has 0 radical (unpaired) electrons. The second-order valence-electron chi connectivity index (χ2n) is 6.25. The third-order valence-electron chi connectivity index (χ3n) is 4.27. The van der Waals surface area contributed by atoms with Gasteiger partial charge in [0.15, 0.2) is 0 Å². The third kappa shape index (κ3) is 4.03. The molecule has 2 N–H and O–H groups in total. The summed E-state index contributed by atoms with van der Waals surface area (Å²) in [6.07, 6.45) is 0. The molecule has 2 aromatic heterocycles. The Morgan fingerprint density at radius 3 is 2.88 bits per heavy atom. The largest absolute Gasteiger partial charge is 0.379 e. The molecule has 1 saturated heterocycles. The molecule has 0 aromatic carbocycles. The van der Waals surface area contributed by atoms with Gasteiger partial charge in [-0.1, -0.05) is 19.9 Å². The fraction of sp³-hybridized carbons (Fsp3) is 0.529. The van der Waals surface area contributed by atoms with Crippen molar-refractivity contribution in [2.75, 3.05) is 32.8 Å². The van der Waals surface area contributed by atoms with Crippen LogP contribution in [0.25, 0.3) is 0 Å². The van der Waals surface area contributed by atoms with E-state index in [2.05, 4.69) is 51.8 Å². The van der Waals surface area contributed by atoms with Crippen LogP contribution in [-0.2, 0) is 4.74 Å². The Labute approximate surface area is 146 Å². The zero-order chi connectivity index (χ0) is 16.9. The topological polar surface area (TPSA) is 70.2 Å². The molecule has 3 rings (SSSR count). The summed E-state index contributed by atoms with van der Waals surface area (Å²) in [5.41, 5.74) is 1.42. The van der Waals surface area contributed by atoms with E-state index >= 15 is 0 Å². The average Bonchev–Trinajstić information content (AvgIpc) is 3.28. The molecule has 0 aliphatic carbocycles. The molecule has 1 atom stereocenters. The number of rotatable bonds is 6. The monoisotopic (exact) mass is 348 g/mol. The lowest BCUT2D eigenvalue weighted by Gasteiger charge is -2.34. The highest BCUT2D eigenvalue weighted by molar-refractivity contribution is 7.10. The minimum atomic E-state index is -0.132. The number of amides is 1. The fourth-order valence-electron chi connectivity index (χ4n) is 2.81. The van der Waals surface area contributed by atoms with Crippen LogP contribution in [0.1, 0.15) is 46.9 Å². The summed E-state index contributed by atoms with van der Waals surface area (Å²) in [7, 11) is 0. The lowest BCUT2D eigenvalue weighted by atomic mass is 10.1. The van der Waals surface area contributed by atoms with E-state index in [-0.39, 0.29) is 11.9 Å². The number of thiophene rings is 1. The van der Waals surface area contributed by atoms with Crippen molar-refractivity contribution in [3.05, 3.63) is 39.8 Å². The van der Waals surface area contributed by atoms with Gasteiger partial charge in [0.1, 0.15) is 5.69 Å². The Morgan fingerprint density at radius 2 is 2.25 bits per heavy atom. The second-order valence-corrected chi connectivity index (χ2v) is 7.23. The van der Waals surface area contributed by atoms with E-state index < -0.39 is 0 Å². The minimum Gasteiger partial charge on any atom is -0.379 e. The van der Waals surface area contributed by atoms with Crippen LogP contribution in [0.15, 0.2) is 23.6 Å². The highest BCUT2D eigenvalue weighted by Crippen LogP contribution is 2.25. The molecule has 1 aliphatic heterocycles. The highest BCUT2D eigenvalue weighted by atomic mass is 32.1. The SMILES string of the molecule is CC(C)c1cc(C(=O)NC[C@@H](c2cccs2)N2CCOCC2)n[nH]1. The van der Waals surface area contributed by atoms with Gasteiger partial charge in [0.2, 0.25) is 0 Å². The van der Waals surface area contributed by atoms with Gasteiger partial charge in [-0.3, -0.25) is 14.8 Å². The maximum absolute atomic E-state index is 12.4. The molecule has 0 unspecified atom stereocenters. The van der Waals surface area contributed by atoms with Gasteiger partial charge in [-0.2, -0.15) is 5.10 Å². The smallest absolute Gasteiger partial charge is 0.271 e. The number of ether oxygens (including phenoxy) is 1. The van der Waals surface area contributed by atoms with Crippen LogP contribution in [-0.4, -0.2) is 53.9 Å². The molecule has 1 amide bonds. The molecule has 130 valence electrons. The molecule has 0 bridgehead atoms. The maximum Gasteiger partial charge on any atom is 0.271 e. The normalized spacial score (nSPS) is 17.1. The van der Waals surface area contributed by atoms with Gasteiger partial charge in [-0.25, -0.2) is 0 Å². The van der Waals surface area contributed by atoms with Crippen molar-refractivity contribution in [1.82, 2.24) is 20.4 Å². The number of nitrogens with zero attached hydrogens (tertiary/aromatic N) is 2. The van der Waals surface area contributed by atoms with Crippen molar-refractivity contribution in [3.63, 3.8) is 0 Å². The number of aromatic amines is 1. The third-order valence-corrected chi connectivity index (χ3v) is 5.24. The summed E-state index contributed by atoms with van der Waals surface area (Å²) >= 11 is 1.72. The summed E-state index contributed by atoms with van der Waals surface area (Å²) in [5.74, 6) is 0.194. The molecule has 1 fully saturated rings. The van der Waals surface area contributed by atoms with E-state index in [0.29, 0.717) is 18.2 Å². The van der Waals surface area contributed by atoms with E-state index in [1.165, 1.54) is 4.88 Å². The van der Waals surface area contributed by atoms with Gasteiger partial charge in [0, 0.05) is 30.2 Å². The van der Waals surface area contributed by atoms with Crippen LogP contribution in [0.4, 0.5) is 0 Å². The molecule has 0 spiro atoms. The highest BCUT2D eigenvalue weighted by Gasteiger charge is 2.24. The zero-order valence-corrected chi connectivity index (χ0v) is 14.9. The standard InChI is InChI=1S/C17H24N4O2S/c1-12(2)13-10-14(20-19-13)17(22)18-11-15(16-4-3-9-24-16)21-5-7-23-8-6-21/h3-4,9-10,12,15H,5-8,11H2,1-2H3,(H,18,22)(H,19,20)/t15-/m0/s1. The quantitative estimate of drug-likeness (QED) is 0.841. The van der Waals surface area contributed by atoms with Crippen LogP contribution in [0, 0.1) is 0 Å². The first-order valence-corrected chi connectivity index (χ1v) is 9.22. The predicted molar refractivity (Wildman–Crippen MR) is 94.5 cm³/mol. The van der Waals surface area contributed by atoms with Gasteiger partial charge >= 0.3 is 0 Å². The summed E-state index contributed by atoms with van der Waals surface area (Å²) in [4.78, 5) is 16.0. The van der Waals surface area contributed by atoms with Gasteiger partial charge in [0.05, 0.1) is 19.3 Å². The van der Waals surface area contributed by atoms with E-state index in [1.807, 2.05) is 6.07 Å². The van der Waals surface area contributed by atoms with Crippen molar-refractivity contribution in [1.29, 1.82) is 0 Å². The molecular formula is C17H24N4O2S. The first-order chi connectivity index (χ1) is 11.6. The summed E-state index contributed by atoms with van der Waals surface area (Å²) in [6, 6.07) is 6.19. The Balaban J connectivity index is 1.65. The predicted octanol–water partition coefficient (Wildman–Crippen LogP) is 2.40. The van der Waals surface area contributed by atoms with Gasteiger partial charge in [-0.05, 0) is 23.4 Å². The number of hydrogen-bond donors (Lipinski definition) is 2. The number of morpholine rings is 1. The number of carbonyl (C=O) groups excluding carboxylic acids is 1. The van der Waals surface area contributed by atoms with E-state index in [0.717, 1.165) is 32.0 Å². The van der Waals surface area contributed by atoms with E-state index in [1.54, 1.807) is 11.3 Å². The zero-order valence-electron chi connectivity index (χ0n) is 14.1. The average molecular weight is 348 g/mol. The first-order valence-electron chi connectivity index (χ1n) is 8.34. The van der Waals surface area contributed by atoms with Gasteiger partial charge in [-0.15, -0.1) is 11.3 Å². The Morgan fingerprint density at radius 1 is 1.46 bits per heavy atom. The van der Waals surface area contributed by atoms with Crippen LogP contribution in [0.3, 0.4) is 0 Å². The number of hydrogen-bond acceptors (Lipinski definition) is 5. The molecule has 24 heavy (non-hydrogen) atoms. The Hall–Kier alpha value is -1.70. The Kier molecular flexibility index (Phi) is 5.65. The molecule has 6 nitrogen and oxygen atoms in total. The van der Waals surface area contributed by atoms with Crippen LogP contribution in [0.5, 0.6) is 0 Å². The van der Waals surface area contributed by atoms with Crippen LogP contribution in [0.2, 0.25) is 0 Å². The van der Waals surface area contributed by atoms with Crippen molar-refractivity contribution in [2.45, 2.75) is 25.8 Å². The van der Waals surface area contributed by atoms with Crippen LogP contribution >= 0.6 is 11.3 Å². The van der Waals surface area contributed by atoms with Crippen molar-refractivity contribution < 1.29 is 9.53 Å². The van der Waals surface area contributed by atoms with Crippen molar-refractivity contribution in [3.8, 4) is 0 Å². The molecule has 1 aliphatic rings. The second kappa shape index (κ2) is 7.92. The molecular weight excluding hydrogens is 324 g/mol. The molecule has 0 saturated carbocycles. The van der Waals surface area contributed by atoms with E-state index in [9.17, 15) is 4.79 Å². The summed E-state index contributed by atoms with van der Waals surface area (Å²) in [5, 5.41) is 12.2. The fourth-order valence-corrected chi connectivity index (χ4v) is 3.67. The maximum atomic E-state index is 12.4. The summed E-state index contributed by atoms with van der Waals surface area (Å²) in [6.45, 7) is 7.97. The van der Waals surface area contributed by atoms with Crippen molar-refractivity contribution >= 4 is 17.2 Å². The number of aromatic nitrogens is 2. The number of carbonyl (C=O) groups is 1. The van der Waals surface area contributed by atoms with Gasteiger partial charge in [0.25, 0.3) is 5.91 Å². The molecule has 7 heteroatoms. The van der Waals surface area contributed by atoms with Crippen LogP contribution < -0.4 is 5.32 Å². The minimum absolute atomic E-state index is 0.132.